The number of amides is 1. The number of hydrogen-bond acceptors (Lipinski definition) is 5. The molecular weight excluding hydrogens is 378 g/mol. The molecule has 1 atom stereocenters. The predicted molar refractivity (Wildman–Crippen MR) is 112 cm³/mol. The molecule has 2 aromatic heterocycles. The summed E-state index contributed by atoms with van der Waals surface area (Å²) in [6, 6.07) is 0.294. The van der Waals surface area contributed by atoms with Crippen LogP contribution in [0.15, 0.2) is 9.95 Å². The highest BCUT2D eigenvalue weighted by Crippen LogP contribution is 2.35. The van der Waals surface area contributed by atoms with E-state index in [4.69, 9.17) is 4.98 Å². The van der Waals surface area contributed by atoms with Gasteiger partial charge in [0.15, 0.2) is 5.16 Å². The van der Waals surface area contributed by atoms with E-state index in [0.29, 0.717) is 11.2 Å². The van der Waals surface area contributed by atoms with Crippen LogP contribution >= 0.6 is 23.1 Å². The second-order valence-corrected chi connectivity index (χ2v) is 10.1. The number of nitrogens with zero attached hydrogens (tertiary/aromatic N) is 2. The quantitative estimate of drug-likeness (QED) is 0.477. The van der Waals surface area contributed by atoms with Crippen LogP contribution in [-0.4, -0.2) is 26.8 Å². The third-order valence-electron chi connectivity index (χ3n) is 5.76. The summed E-state index contributed by atoms with van der Waals surface area (Å²) in [7, 11) is 1.77. The lowest BCUT2D eigenvalue weighted by atomic mass is 10.1. The Labute approximate surface area is 167 Å². The standard InChI is InChI=1S/C20H27N3O2S2/c1-12(17(24)21-13-8-5-3-4-6-9-13)26-20-22-18-16(19(25)23(20)2)14-10-7-11-15(14)27-18/h12-13H,3-11H2,1-2H3,(H,21,24)/t12-/m0/s1. The van der Waals surface area contributed by atoms with Crippen LogP contribution in [-0.2, 0) is 24.7 Å². The molecule has 2 aliphatic rings. The van der Waals surface area contributed by atoms with Gasteiger partial charge in [-0.3, -0.25) is 14.2 Å². The first-order valence-corrected chi connectivity index (χ1v) is 11.7. The molecule has 1 N–H and O–H groups in total. The second kappa shape index (κ2) is 7.95. The van der Waals surface area contributed by atoms with Gasteiger partial charge in [-0.2, -0.15) is 0 Å². The van der Waals surface area contributed by atoms with Gasteiger partial charge in [0.2, 0.25) is 5.91 Å². The summed E-state index contributed by atoms with van der Waals surface area (Å²) in [5.74, 6) is 0.0509. The number of fused-ring (bicyclic) bond motifs is 3. The van der Waals surface area contributed by atoms with Gasteiger partial charge in [0.1, 0.15) is 4.83 Å². The third-order valence-corrected chi connectivity index (χ3v) is 8.09. The second-order valence-electron chi connectivity index (χ2n) is 7.75. The van der Waals surface area contributed by atoms with Crippen LogP contribution in [0.4, 0.5) is 0 Å². The van der Waals surface area contributed by atoms with Gasteiger partial charge in [-0.25, -0.2) is 4.98 Å². The maximum atomic E-state index is 12.9. The fraction of sp³-hybridized carbons (Fsp3) is 0.650. The van der Waals surface area contributed by atoms with Crippen molar-refractivity contribution in [1.82, 2.24) is 14.9 Å². The Kier molecular flexibility index (Phi) is 5.60. The predicted octanol–water partition coefficient (Wildman–Crippen LogP) is 3.80. The molecule has 0 spiro atoms. The topological polar surface area (TPSA) is 64.0 Å². The van der Waals surface area contributed by atoms with Crippen LogP contribution in [0, 0.1) is 0 Å². The van der Waals surface area contributed by atoms with E-state index in [1.807, 2.05) is 6.92 Å². The summed E-state index contributed by atoms with van der Waals surface area (Å²) >= 11 is 3.04. The van der Waals surface area contributed by atoms with Crippen LogP contribution in [0.3, 0.4) is 0 Å². The molecule has 1 amide bonds. The molecule has 1 fully saturated rings. The lowest BCUT2D eigenvalue weighted by Gasteiger charge is -2.19. The Balaban J connectivity index is 1.51. The van der Waals surface area contributed by atoms with Crippen molar-refractivity contribution >= 4 is 39.2 Å². The van der Waals surface area contributed by atoms with Crippen molar-refractivity contribution in [1.29, 1.82) is 0 Å². The Hall–Kier alpha value is -1.34. The van der Waals surface area contributed by atoms with Crippen molar-refractivity contribution < 1.29 is 4.79 Å². The number of aromatic nitrogens is 2. The molecule has 5 nitrogen and oxygen atoms in total. The summed E-state index contributed by atoms with van der Waals surface area (Å²) in [5.41, 5.74) is 1.23. The van der Waals surface area contributed by atoms with Crippen molar-refractivity contribution in [3.8, 4) is 0 Å². The maximum Gasteiger partial charge on any atom is 0.262 e. The van der Waals surface area contributed by atoms with Crippen molar-refractivity contribution in [2.45, 2.75) is 81.2 Å². The average molecular weight is 406 g/mol. The molecule has 4 rings (SSSR count). The van der Waals surface area contributed by atoms with Crippen molar-refractivity contribution in [3.05, 3.63) is 20.8 Å². The van der Waals surface area contributed by atoms with Crippen LogP contribution in [0.2, 0.25) is 0 Å². The fourth-order valence-electron chi connectivity index (χ4n) is 4.16. The number of aryl methyl sites for hydroxylation is 2. The van der Waals surface area contributed by atoms with Crippen LogP contribution < -0.4 is 10.9 Å². The maximum absolute atomic E-state index is 12.9. The van der Waals surface area contributed by atoms with Crippen molar-refractivity contribution in [2.24, 2.45) is 7.05 Å². The lowest BCUT2D eigenvalue weighted by molar-refractivity contribution is -0.121. The lowest BCUT2D eigenvalue weighted by Crippen LogP contribution is -2.39. The number of nitrogens with one attached hydrogen (secondary N) is 1. The highest BCUT2D eigenvalue weighted by atomic mass is 32.2. The van der Waals surface area contributed by atoms with Gasteiger partial charge in [-0.15, -0.1) is 11.3 Å². The average Bonchev–Trinajstić information content (AvgIpc) is 3.12. The Morgan fingerprint density at radius 3 is 2.70 bits per heavy atom. The zero-order chi connectivity index (χ0) is 19.0. The van der Waals surface area contributed by atoms with Crippen molar-refractivity contribution in [2.75, 3.05) is 0 Å². The van der Waals surface area contributed by atoms with E-state index in [2.05, 4.69) is 5.32 Å². The van der Waals surface area contributed by atoms with E-state index in [1.54, 1.807) is 23.0 Å². The van der Waals surface area contributed by atoms with Crippen LogP contribution in [0.1, 0.15) is 62.3 Å². The zero-order valence-electron chi connectivity index (χ0n) is 16.0. The first-order valence-electron chi connectivity index (χ1n) is 10.0. The molecule has 1 saturated carbocycles. The summed E-state index contributed by atoms with van der Waals surface area (Å²) in [4.78, 5) is 32.4. The van der Waals surface area contributed by atoms with E-state index in [1.165, 1.54) is 47.9 Å². The molecule has 0 aromatic carbocycles. The Morgan fingerprint density at radius 1 is 1.22 bits per heavy atom. The van der Waals surface area contributed by atoms with Gasteiger partial charge in [-0.1, -0.05) is 37.4 Å². The molecule has 0 radical (unpaired) electrons. The molecule has 146 valence electrons. The number of thiophene rings is 1. The van der Waals surface area contributed by atoms with Crippen molar-refractivity contribution in [3.63, 3.8) is 0 Å². The molecule has 0 aliphatic heterocycles. The van der Waals surface area contributed by atoms with Gasteiger partial charge in [0, 0.05) is 18.0 Å². The van der Waals surface area contributed by atoms with E-state index < -0.39 is 0 Å². The van der Waals surface area contributed by atoms with Gasteiger partial charge in [0.05, 0.1) is 10.6 Å². The van der Waals surface area contributed by atoms with E-state index >= 15 is 0 Å². The summed E-state index contributed by atoms with van der Waals surface area (Å²) in [5, 5.41) is 4.38. The van der Waals surface area contributed by atoms with Gasteiger partial charge >= 0.3 is 0 Å². The van der Waals surface area contributed by atoms with E-state index in [9.17, 15) is 9.59 Å². The summed E-state index contributed by atoms with van der Waals surface area (Å²) in [6.07, 6.45) is 10.3. The molecule has 2 aromatic rings. The van der Waals surface area contributed by atoms with E-state index in [0.717, 1.165) is 42.3 Å². The SMILES string of the molecule is C[C@H](Sc1nc2sc3c(c2c(=O)n1C)CCC3)C(=O)NC1CCCCCC1. The first-order chi connectivity index (χ1) is 13.0. The number of carbonyl (C=O) groups excluding carboxylic acids is 1. The van der Waals surface area contributed by atoms with Crippen LogP contribution in [0.5, 0.6) is 0 Å². The summed E-state index contributed by atoms with van der Waals surface area (Å²) < 4.78 is 1.62. The van der Waals surface area contributed by atoms with E-state index in [-0.39, 0.29) is 16.7 Å². The molecule has 0 saturated heterocycles. The first kappa shape index (κ1) is 19.0. The van der Waals surface area contributed by atoms with Crippen LogP contribution in [0.25, 0.3) is 10.2 Å². The highest BCUT2D eigenvalue weighted by molar-refractivity contribution is 8.00. The molecule has 2 aliphatic carbocycles. The molecule has 0 bridgehead atoms. The molecule has 7 heteroatoms. The van der Waals surface area contributed by atoms with Gasteiger partial charge in [0.25, 0.3) is 5.56 Å². The Morgan fingerprint density at radius 2 is 1.96 bits per heavy atom. The Bertz CT molecular complexity index is 910. The fourth-order valence-corrected chi connectivity index (χ4v) is 6.35. The molecule has 27 heavy (non-hydrogen) atoms. The largest absolute Gasteiger partial charge is 0.352 e. The third kappa shape index (κ3) is 3.81. The minimum Gasteiger partial charge on any atom is -0.352 e. The number of hydrogen-bond donors (Lipinski definition) is 1. The monoisotopic (exact) mass is 405 g/mol. The normalized spacial score (nSPS) is 19.0. The summed E-state index contributed by atoms with van der Waals surface area (Å²) in [6.45, 7) is 1.90. The van der Waals surface area contributed by atoms with Gasteiger partial charge < -0.3 is 5.32 Å². The smallest absolute Gasteiger partial charge is 0.262 e. The zero-order valence-corrected chi connectivity index (χ0v) is 17.7. The molecular formula is C20H27N3O2S2. The number of rotatable bonds is 4. The minimum atomic E-state index is -0.268. The van der Waals surface area contributed by atoms with Gasteiger partial charge in [-0.05, 0) is 44.6 Å². The molecule has 2 heterocycles. The minimum absolute atomic E-state index is 0.0262. The number of thioether (sulfide) groups is 1. The molecule has 0 unspecified atom stereocenters. The number of carbonyl (C=O) groups is 1. The highest BCUT2D eigenvalue weighted by Gasteiger charge is 2.25.